The average molecular weight is 476 g/mol. The van der Waals surface area contributed by atoms with Crippen LogP contribution in [0.2, 0.25) is 0 Å². The maximum absolute atomic E-state index is 4.37. The zero-order valence-corrected chi connectivity index (χ0v) is 17.9. The van der Waals surface area contributed by atoms with Crippen LogP contribution >= 0.6 is 24.0 Å². The number of aryl methyl sites for hydroxylation is 1. The third-order valence-electron chi connectivity index (χ3n) is 4.21. The minimum atomic E-state index is 0. The molecule has 3 rings (SSSR count). The summed E-state index contributed by atoms with van der Waals surface area (Å²) in [5.74, 6) is 1.62. The molecule has 27 heavy (non-hydrogen) atoms. The van der Waals surface area contributed by atoms with Gasteiger partial charge in [0, 0.05) is 38.7 Å². The van der Waals surface area contributed by atoms with Crippen LogP contribution in [0.3, 0.4) is 0 Å². The highest BCUT2D eigenvalue weighted by Crippen LogP contribution is 2.09. The summed E-state index contributed by atoms with van der Waals surface area (Å²) in [5, 5.41) is 6.73. The van der Waals surface area contributed by atoms with Crippen molar-refractivity contribution in [1.82, 2.24) is 25.2 Å². The van der Waals surface area contributed by atoms with Gasteiger partial charge in [-0.2, -0.15) is 0 Å². The summed E-state index contributed by atoms with van der Waals surface area (Å²) in [4.78, 5) is 12.7. The molecule has 7 heteroatoms. The topological polar surface area (TPSA) is 67.1 Å². The molecule has 0 radical (unpaired) electrons. The second kappa shape index (κ2) is 10.7. The minimum Gasteiger partial charge on any atom is -0.352 e. The van der Waals surface area contributed by atoms with Crippen molar-refractivity contribution in [2.45, 2.75) is 26.4 Å². The van der Waals surface area contributed by atoms with E-state index in [4.69, 9.17) is 0 Å². The van der Waals surface area contributed by atoms with Gasteiger partial charge in [0.25, 0.3) is 0 Å². The molecule has 0 unspecified atom stereocenters. The van der Waals surface area contributed by atoms with E-state index in [9.17, 15) is 0 Å². The zero-order valence-electron chi connectivity index (χ0n) is 15.6. The van der Waals surface area contributed by atoms with Crippen molar-refractivity contribution < 1.29 is 0 Å². The van der Waals surface area contributed by atoms with Gasteiger partial charge >= 0.3 is 0 Å². The predicted molar refractivity (Wildman–Crippen MR) is 120 cm³/mol. The van der Waals surface area contributed by atoms with E-state index < -0.39 is 0 Å². The average Bonchev–Trinajstić information content (AvgIpc) is 3.23. The highest BCUT2D eigenvalue weighted by molar-refractivity contribution is 14.0. The summed E-state index contributed by atoms with van der Waals surface area (Å²) in [7, 11) is 1.78. The lowest BCUT2D eigenvalue weighted by molar-refractivity contribution is 0.800. The molecule has 3 aromatic rings. The number of nitrogens with zero attached hydrogens (tertiary/aromatic N) is 4. The maximum Gasteiger partial charge on any atom is 0.191 e. The largest absolute Gasteiger partial charge is 0.352 e. The Morgan fingerprint density at radius 3 is 2.56 bits per heavy atom. The van der Waals surface area contributed by atoms with Crippen molar-refractivity contribution >= 4 is 29.9 Å². The molecule has 2 N–H and O–H groups in total. The summed E-state index contributed by atoms with van der Waals surface area (Å²) in [6, 6.07) is 12.5. The normalized spacial score (nSPS) is 11.0. The fraction of sp³-hybridized carbons (Fsp3) is 0.250. The number of hydrogen-bond donors (Lipinski definition) is 2. The highest BCUT2D eigenvalue weighted by atomic mass is 127. The van der Waals surface area contributed by atoms with E-state index in [1.54, 1.807) is 25.8 Å². The first kappa shape index (κ1) is 20.9. The molecule has 0 aliphatic rings. The molecule has 0 atom stereocenters. The molecule has 0 aliphatic heterocycles. The molecular formula is C20H25IN6. The molecule has 0 aliphatic carbocycles. The Morgan fingerprint density at radius 2 is 1.85 bits per heavy atom. The van der Waals surface area contributed by atoms with Crippen LogP contribution in [0.25, 0.3) is 5.82 Å². The second-order valence-electron chi connectivity index (χ2n) is 5.89. The number of pyridine rings is 1. The second-order valence-corrected chi connectivity index (χ2v) is 5.89. The van der Waals surface area contributed by atoms with Crippen LogP contribution in [-0.4, -0.2) is 27.5 Å². The van der Waals surface area contributed by atoms with Crippen LogP contribution in [0.5, 0.6) is 0 Å². The van der Waals surface area contributed by atoms with Gasteiger partial charge in [-0.05, 0) is 35.2 Å². The van der Waals surface area contributed by atoms with Crippen molar-refractivity contribution in [2.75, 3.05) is 7.05 Å². The van der Waals surface area contributed by atoms with Crippen molar-refractivity contribution in [3.63, 3.8) is 0 Å². The van der Waals surface area contributed by atoms with Gasteiger partial charge in [0.2, 0.25) is 0 Å². The molecule has 1 aromatic carbocycles. The van der Waals surface area contributed by atoms with E-state index in [1.165, 1.54) is 11.1 Å². The number of aromatic nitrogens is 3. The fourth-order valence-corrected chi connectivity index (χ4v) is 2.77. The Hall–Kier alpha value is -2.42. The van der Waals surface area contributed by atoms with Gasteiger partial charge in [-0.1, -0.05) is 31.2 Å². The Morgan fingerprint density at radius 1 is 1.07 bits per heavy atom. The fourth-order valence-electron chi connectivity index (χ4n) is 2.77. The smallest absolute Gasteiger partial charge is 0.191 e. The van der Waals surface area contributed by atoms with E-state index in [-0.39, 0.29) is 24.0 Å². The standard InChI is InChI=1S/C20H24N6.HI/c1-3-17-6-4-5-7-18(17)14-25-20(21-2)24-13-16-8-9-23-19(12-16)26-11-10-22-15-26;/h4-12,15H,3,13-14H2,1-2H3,(H2,21,24,25);1H. The van der Waals surface area contributed by atoms with Crippen LogP contribution in [0, 0.1) is 0 Å². The van der Waals surface area contributed by atoms with Crippen molar-refractivity contribution in [3.05, 3.63) is 78.0 Å². The number of benzene rings is 1. The van der Waals surface area contributed by atoms with E-state index in [1.807, 2.05) is 22.9 Å². The van der Waals surface area contributed by atoms with Gasteiger partial charge < -0.3 is 10.6 Å². The summed E-state index contributed by atoms with van der Waals surface area (Å²) < 4.78 is 1.89. The number of rotatable bonds is 6. The van der Waals surface area contributed by atoms with Crippen LogP contribution in [0.1, 0.15) is 23.6 Å². The summed E-state index contributed by atoms with van der Waals surface area (Å²) in [6.45, 7) is 3.59. The van der Waals surface area contributed by atoms with Gasteiger partial charge in [0.15, 0.2) is 5.96 Å². The number of halogens is 1. The van der Waals surface area contributed by atoms with Gasteiger partial charge in [-0.3, -0.25) is 9.56 Å². The minimum absolute atomic E-state index is 0. The first-order valence-electron chi connectivity index (χ1n) is 8.74. The summed E-state index contributed by atoms with van der Waals surface area (Å²) >= 11 is 0. The van der Waals surface area contributed by atoms with E-state index in [0.717, 1.165) is 30.3 Å². The van der Waals surface area contributed by atoms with E-state index in [2.05, 4.69) is 56.8 Å². The highest BCUT2D eigenvalue weighted by Gasteiger charge is 2.04. The number of nitrogens with one attached hydrogen (secondary N) is 2. The Balaban J connectivity index is 0.00000261. The first-order valence-corrected chi connectivity index (χ1v) is 8.74. The molecule has 142 valence electrons. The Labute approximate surface area is 177 Å². The van der Waals surface area contributed by atoms with Crippen molar-refractivity contribution in [2.24, 2.45) is 4.99 Å². The molecule has 6 nitrogen and oxygen atoms in total. The number of aliphatic imine (C=N–C) groups is 1. The molecule has 0 spiro atoms. The van der Waals surface area contributed by atoms with Crippen LogP contribution in [-0.2, 0) is 19.5 Å². The monoisotopic (exact) mass is 476 g/mol. The predicted octanol–water partition coefficient (Wildman–Crippen LogP) is 3.31. The van der Waals surface area contributed by atoms with Crippen molar-refractivity contribution in [1.29, 1.82) is 0 Å². The van der Waals surface area contributed by atoms with Gasteiger partial charge in [-0.15, -0.1) is 24.0 Å². The molecule has 2 heterocycles. The van der Waals surface area contributed by atoms with E-state index >= 15 is 0 Å². The first-order chi connectivity index (χ1) is 12.8. The Bertz CT molecular complexity index is 860. The molecule has 0 saturated carbocycles. The van der Waals surface area contributed by atoms with Crippen molar-refractivity contribution in [3.8, 4) is 5.82 Å². The third-order valence-corrected chi connectivity index (χ3v) is 4.21. The lowest BCUT2D eigenvalue weighted by Crippen LogP contribution is -2.36. The number of guanidine groups is 1. The zero-order chi connectivity index (χ0) is 18.2. The van der Waals surface area contributed by atoms with Gasteiger partial charge in [-0.25, -0.2) is 9.97 Å². The lowest BCUT2D eigenvalue weighted by Gasteiger charge is -2.14. The lowest BCUT2D eigenvalue weighted by atomic mass is 10.1. The molecule has 0 saturated heterocycles. The molecular weight excluding hydrogens is 451 g/mol. The van der Waals surface area contributed by atoms with E-state index in [0.29, 0.717) is 6.54 Å². The van der Waals surface area contributed by atoms with Crippen LogP contribution in [0.15, 0.2) is 66.3 Å². The molecule has 0 fully saturated rings. The number of imidazole rings is 1. The van der Waals surface area contributed by atoms with Gasteiger partial charge in [0.05, 0.1) is 0 Å². The third kappa shape index (κ3) is 5.78. The maximum atomic E-state index is 4.37. The Kier molecular flexibility index (Phi) is 8.25. The quantitative estimate of drug-likeness (QED) is 0.326. The summed E-state index contributed by atoms with van der Waals surface area (Å²) in [6.07, 6.45) is 8.20. The summed E-state index contributed by atoms with van der Waals surface area (Å²) in [5.41, 5.74) is 3.78. The number of hydrogen-bond acceptors (Lipinski definition) is 3. The molecule has 2 aromatic heterocycles. The van der Waals surface area contributed by atoms with Crippen LogP contribution in [0.4, 0.5) is 0 Å². The SMILES string of the molecule is CCc1ccccc1CNC(=NC)NCc1ccnc(-n2ccnc2)c1.I. The van der Waals surface area contributed by atoms with Crippen LogP contribution < -0.4 is 10.6 Å². The molecule has 0 bridgehead atoms. The molecule has 0 amide bonds. The van der Waals surface area contributed by atoms with Gasteiger partial charge in [0.1, 0.15) is 12.1 Å².